The van der Waals surface area contributed by atoms with Crippen LogP contribution in [0.25, 0.3) is 17.0 Å². The second-order valence-corrected chi connectivity index (χ2v) is 5.75. The molecule has 2 aromatic heterocycles. The molecule has 4 nitrogen and oxygen atoms in total. The Balaban J connectivity index is 1.54. The third-order valence-electron chi connectivity index (χ3n) is 3.16. The van der Waals surface area contributed by atoms with Gasteiger partial charge in [-0.3, -0.25) is 4.79 Å². The molecular weight excluding hydrogens is 294 g/mol. The molecule has 0 aliphatic heterocycles. The molecule has 3 rings (SSSR count). The van der Waals surface area contributed by atoms with Crippen LogP contribution in [0.5, 0.6) is 0 Å². The van der Waals surface area contributed by atoms with Crippen LogP contribution in [0.15, 0.2) is 59.2 Å². The number of H-pyrrole nitrogens is 1. The number of fused-ring (bicyclic) bond motifs is 1. The molecule has 2 heterocycles. The summed E-state index contributed by atoms with van der Waals surface area (Å²) in [5, 5.41) is 7.03. The van der Waals surface area contributed by atoms with Crippen molar-refractivity contribution in [2.75, 3.05) is 0 Å². The van der Waals surface area contributed by atoms with Crippen LogP contribution in [0.1, 0.15) is 10.4 Å². The van der Waals surface area contributed by atoms with Crippen LogP contribution in [-0.4, -0.2) is 17.1 Å². The molecule has 1 amide bonds. The third kappa shape index (κ3) is 3.51. The Morgan fingerprint density at radius 2 is 2.18 bits per heavy atom. The van der Waals surface area contributed by atoms with Gasteiger partial charge in [0.15, 0.2) is 0 Å². The zero-order valence-electron chi connectivity index (χ0n) is 11.8. The first-order valence-electron chi connectivity index (χ1n) is 6.90. The zero-order valence-corrected chi connectivity index (χ0v) is 12.6. The Bertz CT molecular complexity index is 815. The van der Waals surface area contributed by atoms with Gasteiger partial charge in [0.25, 0.3) is 0 Å². The molecule has 0 atom stereocenters. The lowest BCUT2D eigenvalue weighted by atomic mass is 10.2. The zero-order chi connectivity index (χ0) is 15.2. The number of hydrazone groups is 1. The maximum Gasteiger partial charge on any atom is 0.245 e. The van der Waals surface area contributed by atoms with Gasteiger partial charge in [-0.15, -0.1) is 11.3 Å². The number of carbonyl (C=O) groups excluding carboxylic acids is 1. The van der Waals surface area contributed by atoms with Crippen LogP contribution < -0.4 is 5.43 Å². The molecule has 0 unspecified atom stereocenters. The van der Waals surface area contributed by atoms with Crippen molar-refractivity contribution < 1.29 is 4.79 Å². The van der Waals surface area contributed by atoms with E-state index in [1.54, 1.807) is 23.6 Å². The lowest BCUT2D eigenvalue weighted by molar-refractivity contribution is -0.120. The van der Waals surface area contributed by atoms with Crippen molar-refractivity contribution in [3.05, 3.63) is 64.5 Å². The molecule has 5 heteroatoms. The van der Waals surface area contributed by atoms with E-state index in [4.69, 9.17) is 0 Å². The predicted molar refractivity (Wildman–Crippen MR) is 92.0 cm³/mol. The average Bonchev–Trinajstić information content (AvgIpc) is 3.17. The number of nitrogens with zero attached hydrogens (tertiary/aromatic N) is 1. The van der Waals surface area contributed by atoms with E-state index in [1.165, 1.54) is 0 Å². The number of aromatic nitrogens is 1. The average molecular weight is 309 g/mol. The van der Waals surface area contributed by atoms with Crippen molar-refractivity contribution in [1.82, 2.24) is 10.4 Å². The van der Waals surface area contributed by atoms with E-state index in [9.17, 15) is 4.79 Å². The van der Waals surface area contributed by atoms with Crippen LogP contribution in [0, 0.1) is 0 Å². The molecule has 3 aromatic rings. The minimum atomic E-state index is -0.112. The van der Waals surface area contributed by atoms with Crippen LogP contribution in [-0.2, 0) is 11.2 Å². The number of rotatable bonds is 5. The van der Waals surface area contributed by atoms with Crippen molar-refractivity contribution in [2.24, 2.45) is 5.10 Å². The molecule has 0 radical (unpaired) electrons. The molecule has 110 valence electrons. The van der Waals surface area contributed by atoms with E-state index < -0.39 is 0 Å². The van der Waals surface area contributed by atoms with E-state index in [0.717, 1.165) is 21.3 Å². The molecule has 22 heavy (non-hydrogen) atoms. The van der Waals surface area contributed by atoms with Crippen LogP contribution in [0.3, 0.4) is 0 Å². The van der Waals surface area contributed by atoms with Crippen LogP contribution in [0.2, 0.25) is 0 Å². The van der Waals surface area contributed by atoms with Gasteiger partial charge in [0, 0.05) is 28.2 Å². The quantitative estimate of drug-likeness (QED) is 0.549. The van der Waals surface area contributed by atoms with E-state index in [2.05, 4.69) is 21.6 Å². The van der Waals surface area contributed by atoms with Crippen molar-refractivity contribution in [1.29, 1.82) is 0 Å². The fourth-order valence-electron chi connectivity index (χ4n) is 2.14. The number of benzene rings is 1. The highest BCUT2D eigenvalue weighted by atomic mass is 32.1. The molecular formula is C17H15N3OS. The third-order valence-corrected chi connectivity index (χ3v) is 4.04. The summed E-state index contributed by atoms with van der Waals surface area (Å²) in [6.45, 7) is 0. The summed E-state index contributed by atoms with van der Waals surface area (Å²) in [6.07, 6.45) is 7.65. The fraction of sp³-hybridized carbons (Fsp3) is 0.0588. The summed E-state index contributed by atoms with van der Waals surface area (Å²) in [5.41, 5.74) is 4.71. The molecule has 1 aromatic carbocycles. The Hall–Kier alpha value is -2.66. The monoisotopic (exact) mass is 309 g/mol. The first kappa shape index (κ1) is 14.3. The van der Waals surface area contributed by atoms with Crippen LogP contribution in [0.4, 0.5) is 0 Å². The van der Waals surface area contributed by atoms with E-state index >= 15 is 0 Å². The minimum absolute atomic E-state index is 0.112. The second-order valence-electron chi connectivity index (χ2n) is 4.72. The Labute approximate surface area is 132 Å². The highest BCUT2D eigenvalue weighted by Gasteiger charge is 2.01. The van der Waals surface area contributed by atoms with Gasteiger partial charge < -0.3 is 4.98 Å². The summed E-state index contributed by atoms with van der Waals surface area (Å²) in [7, 11) is 0. The number of aromatic amines is 1. The molecule has 0 aliphatic carbocycles. The first-order valence-corrected chi connectivity index (χ1v) is 7.78. The summed E-state index contributed by atoms with van der Waals surface area (Å²) in [5.74, 6) is -0.112. The van der Waals surface area contributed by atoms with Gasteiger partial charge in [-0.2, -0.15) is 5.10 Å². The smallest absolute Gasteiger partial charge is 0.245 e. The molecule has 0 aliphatic rings. The van der Waals surface area contributed by atoms with Gasteiger partial charge in [0.1, 0.15) is 0 Å². The van der Waals surface area contributed by atoms with Gasteiger partial charge in [-0.05, 0) is 29.2 Å². The number of carbonyl (C=O) groups is 1. The Morgan fingerprint density at radius 3 is 3.05 bits per heavy atom. The Morgan fingerprint density at radius 1 is 1.27 bits per heavy atom. The first-order chi connectivity index (χ1) is 10.8. The molecule has 0 spiro atoms. The number of thiophene rings is 1. The molecule has 0 saturated carbocycles. The molecule has 0 bridgehead atoms. The van der Waals surface area contributed by atoms with Gasteiger partial charge in [-0.1, -0.05) is 30.3 Å². The number of amides is 1. The van der Waals surface area contributed by atoms with Gasteiger partial charge in [-0.25, -0.2) is 5.43 Å². The molecule has 2 N–H and O–H groups in total. The lowest BCUT2D eigenvalue weighted by Gasteiger charge is -1.95. The van der Waals surface area contributed by atoms with Crippen molar-refractivity contribution in [3.8, 4) is 0 Å². The second kappa shape index (κ2) is 6.87. The number of para-hydroxylation sites is 1. The van der Waals surface area contributed by atoms with Crippen molar-refractivity contribution in [2.45, 2.75) is 6.42 Å². The number of hydrogen-bond acceptors (Lipinski definition) is 3. The molecule has 0 fully saturated rings. The summed E-state index contributed by atoms with van der Waals surface area (Å²) in [6, 6.07) is 12.0. The van der Waals surface area contributed by atoms with Crippen LogP contribution >= 0.6 is 11.3 Å². The van der Waals surface area contributed by atoms with Crippen molar-refractivity contribution in [3.63, 3.8) is 0 Å². The fourth-order valence-corrected chi connectivity index (χ4v) is 2.85. The standard InChI is InChI=1S/C17H15N3OS/c21-17(11-14-6-4-10-22-14)20-19-9-3-5-13-12-18-16-8-2-1-7-15(13)16/h1-10,12,18H,11H2,(H,20,21)/b5-3+,19-9+. The lowest BCUT2D eigenvalue weighted by Crippen LogP contribution is -2.18. The maximum atomic E-state index is 11.6. The van der Waals surface area contributed by atoms with Gasteiger partial charge in [0.05, 0.1) is 6.42 Å². The highest BCUT2D eigenvalue weighted by Crippen LogP contribution is 2.18. The van der Waals surface area contributed by atoms with Crippen molar-refractivity contribution >= 4 is 40.4 Å². The number of nitrogens with one attached hydrogen (secondary N) is 2. The normalized spacial score (nSPS) is 11.6. The van der Waals surface area contributed by atoms with E-state index in [1.807, 2.05) is 48.0 Å². The number of allylic oxidation sites excluding steroid dienone is 1. The SMILES string of the molecule is O=C(Cc1cccs1)N/N=C/C=C/c1c[nH]c2ccccc12. The van der Waals surface area contributed by atoms with Gasteiger partial charge in [0.2, 0.25) is 5.91 Å². The summed E-state index contributed by atoms with van der Waals surface area (Å²) < 4.78 is 0. The molecule has 0 saturated heterocycles. The largest absolute Gasteiger partial charge is 0.361 e. The maximum absolute atomic E-state index is 11.6. The predicted octanol–water partition coefficient (Wildman–Crippen LogP) is 3.59. The van der Waals surface area contributed by atoms with E-state index in [0.29, 0.717) is 6.42 Å². The topological polar surface area (TPSA) is 57.2 Å². The number of hydrogen-bond donors (Lipinski definition) is 2. The Kier molecular flexibility index (Phi) is 4.46. The summed E-state index contributed by atoms with van der Waals surface area (Å²) >= 11 is 1.56. The van der Waals surface area contributed by atoms with Gasteiger partial charge >= 0.3 is 0 Å². The summed E-state index contributed by atoms with van der Waals surface area (Å²) in [4.78, 5) is 15.9. The van der Waals surface area contributed by atoms with E-state index in [-0.39, 0.29) is 5.91 Å². The highest BCUT2D eigenvalue weighted by molar-refractivity contribution is 7.10. The minimum Gasteiger partial charge on any atom is -0.361 e.